The highest BCUT2D eigenvalue weighted by molar-refractivity contribution is 7.47. The molecule has 412 valence electrons. The lowest BCUT2D eigenvalue weighted by molar-refractivity contribution is -0.161. The Labute approximate surface area is 428 Å². The Kier molecular flexibility index (Phi) is 55.5. The second-order valence-electron chi connectivity index (χ2n) is 20.9. The van der Waals surface area contributed by atoms with Gasteiger partial charge in [-0.1, -0.05) is 309 Å². The van der Waals surface area contributed by atoms with Crippen molar-refractivity contribution in [3.05, 3.63) is 0 Å². The number of carbonyl (C=O) groups is 2. The van der Waals surface area contributed by atoms with Gasteiger partial charge in [0.25, 0.3) is 0 Å². The van der Waals surface area contributed by atoms with Gasteiger partial charge in [0.05, 0.1) is 13.2 Å². The molecule has 0 fully saturated rings. The zero-order valence-electron chi connectivity index (χ0n) is 46.1. The van der Waals surface area contributed by atoms with Crippen molar-refractivity contribution in [3.8, 4) is 0 Å². The maximum Gasteiger partial charge on any atom is 0.472 e. The Morgan fingerprint density at radius 1 is 0.377 bits per heavy atom. The zero-order chi connectivity index (χ0) is 50.2. The van der Waals surface area contributed by atoms with Gasteiger partial charge in [0, 0.05) is 19.4 Å². The van der Waals surface area contributed by atoms with E-state index in [4.69, 9.17) is 24.3 Å². The fourth-order valence-corrected chi connectivity index (χ4v) is 10.2. The molecular weight excluding hydrogens is 882 g/mol. The maximum absolute atomic E-state index is 12.7. The minimum atomic E-state index is -4.38. The fraction of sp³-hybridized carbons (Fsp3) is 0.966. The molecule has 0 rings (SSSR count). The van der Waals surface area contributed by atoms with E-state index in [0.717, 1.165) is 32.1 Å². The standard InChI is InChI=1S/C59H118NO8P/c1-3-5-7-9-11-13-15-17-19-21-23-25-26-27-28-29-30-31-32-34-36-38-40-42-44-46-48-50-52-59(62)68-57(56-67-69(63,64)66-54-53-60)55-65-58(61)51-49-47-45-43-41-39-37-35-33-24-22-20-18-16-14-12-10-8-6-4-2/h57H,3-56,60H2,1-2H3,(H,63,64). The fourth-order valence-electron chi connectivity index (χ4n) is 9.46. The van der Waals surface area contributed by atoms with Gasteiger partial charge in [-0.15, -0.1) is 0 Å². The maximum atomic E-state index is 12.7. The SMILES string of the molecule is CCCCCCCCCCCCCCCCCCCCCCCCCCCCCCC(=O)OC(COC(=O)CCCCCCCCCCCCCCCCCCCCCC)COP(=O)(O)OCCN. The Hall–Kier alpha value is -0.990. The van der Waals surface area contributed by atoms with Crippen molar-refractivity contribution in [1.29, 1.82) is 0 Å². The van der Waals surface area contributed by atoms with E-state index in [9.17, 15) is 19.0 Å². The highest BCUT2D eigenvalue weighted by Gasteiger charge is 2.26. The number of hydrogen-bond acceptors (Lipinski definition) is 8. The van der Waals surface area contributed by atoms with Crippen LogP contribution in [0.15, 0.2) is 0 Å². The number of phosphoric ester groups is 1. The smallest absolute Gasteiger partial charge is 0.462 e. The third kappa shape index (κ3) is 56.2. The average Bonchev–Trinajstić information content (AvgIpc) is 3.34. The molecule has 9 nitrogen and oxygen atoms in total. The largest absolute Gasteiger partial charge is 0.472 e. The molecule has 0 saturated heterocycles. The molecule has 2 atom stereocenters. The third-order valence-corrected chi connectivity index (χ3v) is 15.0. The topological polar surface area (TPSA) is 134 Å². The number of rotatable bonds is 59. The van der Waals surface area contributed by atoms with E-state index in [1.165, 1.54) is 270 Å². The normalized spacial score (nSPS) is 12.9. The summed E-state index contributed by atoms with van der Waals surface area (Å²) in [5.74, 6) is -0.801. The lowest BCUT2D eigenvalue weighted by atomic mass is 10.0. The van der Waals surface area contributed by atoms with E-state index in [-0.39, 0.29) is 38.6 Å². The molecule has 0 aromatic carbocycles. The van der Waals surface area contributed by atoms with Gasteiger partial charge in [0.2, 0.25) is 0 Å². The summed E-state index contributed by atoms with van der Waals surface area (Å²) >= 11 is 0. The van der Waals surface area contributed by atoms with E-state index >= 15 is 0 Å². The number of ether oxygens (including phenoxy) is 2. The summed E-state index contributed by atoms with van der Waals surface area (Å²) < 4.78 is 33.1. The van der Waals surface area contributed by atoms with E-state index in [1.54, 1.807) is 0 Å². The van der Waals surface area contributed by atoms with Gasteiger partial charge in [0.15, 0.2) is 6.10 Å². The van der Waals surface area contributed by atoms with Crippen LogP contribution in [0.25, 0.3) is 0 Å². The Morgan fingerprint density at radius 2 is 0.623 bits per heavy atom. The highest BCUT2D eigenvalue weighted by atomic mass is 31.2. The lowest BCUT2D eigenvalue weighted by Gasteiger charge is -2.19. The van der Waals surface area contributed by atoms with Crippen molar-refractivity contribution in [2.45, 2.75) is 341 Å². The van der Waals surface area contributed by atoms with E-state index in [2.05, 4.69) is 13.8 Å². The summed E-state index contributed by atoms with van der Waals surface area (Å²) in [6.07, 6.45) is 63.2. The number of esters is 2. The molecule has 0 aliphatic heterocycles. The van der Waals surface area contributed by atoms with E-state index in [0.29, 0.717) is 6.42 Å². The molecule has 0 amide bonds. The molecule has 0 radical (unpaired) electrons. The first-order chi connectivity index (χ1) is 33.8. The summed E-state index contributed by atoms with van der Waals surface area (Å²) in [4.78, 5) is 35.2. The predicted octanol–water partition coefficient (Wildman–Crippen LogP) is 19.1. The first-order valence-electron chi connectivity index (χ1n) is 30.5. The van der Waals surface area contributed by atoms with Gasteiger partial charge in [-0.05, 0) is 12.8 Å². The van der Waals surface area contributed by atoms with Crippen LogP contribution < -0.4 is 5.73 Å². The number of hydrogen-bond donors (Lipinski definition) is 2. The van der Waals surface area contributed by atoms with E-state index < -0.39 is 26.5 Å². The van der Waals surface area contributed by atoms with Crippen LogP contribution in [0.5, 0.6) is 0 Å². The quantitative estimate of drug-likeness (QED) is 0.0347. The number of nitrogens with two attached hydrogens (primary N) is 1. The van der Waals surface area contributed by atoms with Crippen molar-refractivity contribution < 1.29 is 37.6 Å². The minimum Gasteiger partial charge on any atom is -0.462 e. The first-order valence-corrected chi connectivity index (χ1v) is 32.0. The Morgan fingerprint density at radius 3 is 0.884 bits per heavy atom. The third-order valence-electron chi connectivity index (χ3n) is 14.0. The van der Waals surface area contributed by atoms with E-state index in [1.807, 2.05) is 0 Å². The van der Waals surface area contributed by atoms with Crippen molar-refractivity contribution in [2.24, 2.45) is 5.73 Å². The van der Waals surface area contributed by atoms with Gasteiger partial charge < -0.3 is 20.1 Å². The van der Waals surface area contributed by atoms with Crippen LogP contribution in [0, 0.1) is 0 Å². The van der Waals surface area contributed by atoms with Gasteiger partial charge in [0.1, 0.15) is 6.61 Å². The molecule has 10 heteroatoms. The van der Waals surface area contributed by atoms with Crippen LogP contribution in [0.3, 0.4) is 0 Å². The molecular formula is C59H118NO8P. The Bertz CT molecular complexity index is 1090. The van der Waals surface area contributed by atoms with Gasteiger partial charge in [-0.25, -0.2) is 4.57 Å². The van der Waals surface area contributed by atoms with Crippen LogP contribution in [0.4, 0.5) is 0 Å². The van der Waals surface area contributed by atoms with Crippen LogP contribution in [0.2, 0.25) is 0 Å². The van der Waals surface area contributed by atoms with Crippen molar-refractivity contribution in [3.63, 3.8) is 0 Å². The van der Waals surface area contributed by atoms with Gasteiger partial charge >= 0.3 is 19.8 Å². The van der Waals surface area contributed by atoms with Crippen LogP contribution in [0.1, 0.15) is 335 Å². The summed E-state index contributed by atoms with van der Waals surface area (Å²) in [5.41, 5.74) is 5.39. The second kappa shape index (κ2) is 56.3. The van der Waals surface area contributed by atoms with Crippen molar-refractivity contribution >= 4 is 19.8 Å². The molecule has 0 aromatic heterocycles. The highest BCUT2D eigenvalue weighted by Crippen LogP contribution is 2.43. The van der Waals surface area contributed by atoms with Gasteiger partial charge in [-0.2, -0.15) is 0 Å². The summed E-state index contributed by atoms with van der Waals surface area (Å²) in [6, 6.07) is 0. The summed E-state index contributed by atoms with van der Waals surface area (Å²) in [6.45, 7) is 3.83. The number of unbranched alkanes of at least 4 members (excludes halogenated alkanes) is 46. The first kappa shape index (κ1) is 68.0. The second-order valence-corrected chi connectivity index (χ2v) is 22.4. The molecule has 0 aliphatic rings. The van der Waals surface area contributed by atoms with Crippen molar-refractivity contribution in [2.75, 3.05) is 26.4 Å². The molecule has 69 heavy (non-hydrogen) atoms. The molecule has 0 spiro atoms. The molecule has 0 aliphatic carbocycles. The van der Waals surface area contributed by atoms with Crippen molar-refractivity contribution in [1.82, 2.24) is 0 Å². The lowest BCUT2D eigenvalue weighted by Crippen LogP contribution is -2.29. The average molecular weight is 1000 g/mol. The van der Waals surface area contributed by atoms with Crippen LogP contribution in [-0.2, 0) is 32.7 Å². The summed E-state index contributed by atoms with van der Waals surface area (Å²) in [7, 11) is -4.38. The van der Waals surface area contributed by atoms with Gasteiger partial charge in [-0.3, -0.25) is 18.6 Å². The molecule has 0 heterocycles. The molecule has 0 bridgehead atoms. The number of carbonyl (C=O) groups excluding carboxylic acids is 2. The van der Waals surface area contributed by atoms with Crippen LogP contribution >= 0.6 is 7.82 Å². The predicted molar refractivity (Wildman–Crippen MR) is 294 cm³/mol. The monoisotopic (exact) mass is 1000 g/mol. The van der Waals surface area contributed by atoms with Crippen LogP contribution in [-0.4, -0.2) is 49.3 Å². The Balaban J connectivity index is 3.86. The molecule has 3 N–H and O–H groups in total. The molecule has 2 unspecified atom stereocenters. The number of phosphoric acid groups is 1. The minimum absolute atomic E-state index is 0.0586. The summed E-state index contributed by atoms with van der Waals surface area (Å²) in [5, 5.41) is 0. The zero-order valence-corrected chi connectivity index (χ0v) is 47.0. The molecule has 0 saturated carbocycles. The molecule has 0 aromatic rings.